The number of fused-ring (bicyclic) bond motifs is 1. The number of carbonyl (C=O) groups is 3. The Hall–Kier alpha value is -2.63. The number of carboxylic acid groups (broad SMARTS) is 1. The molecule has 21 heavy (non-hydrogen) atoms. The Bertz CT molecular complexity index is 653. The summed E-state index contributed by atoms with van der Waals surface area (Å²) in [5, 5.41) is 18.5. The number of hydrogen-bond donors (Lipinski definition) is 2. The molecule has 2 N–H and O–H groups in total. The summed E-state index contributed by atoms with van der Waals surface area (Å²) >= 11 is 0. The average molecular weight is 287 g/mol. The van der Waals surface area contributed by atoms with Crippen molar-refractivity contribution in [3.63, 3.8) is 0 Å². The molecule has 0 spiro atoms. The van der Waals surface area contributed by atoms with E-state index in [1.807, 2.05) is 12.2 Å². The van der Waals surface area contributed by atoms with E-state index in [2.05, 4.69) is 0 Å². The molecule has 3 rings (SSSR count). The smallest absolute Gasteiger partial charge is 0.339 e. The molecule has 1 aliphatic heterocycles. The standard InChI is InChI=1S/C15H13NO5/c17-12-6-5-8(7-11(12)15(20)21)16-13(18)9-3-1-2-4-10(9)14(16)19/h1-2,5-7,9-10,17H,3-4H2,(H,20,21)/t9-,10+. The summed E-state index contributed by atoms with van der Waals surface area (Å²) in [5.41, 5.74) is -0.143. The first-order valence-electron chi connectivity index (χ1n) is 6.60. The van der Waals surface area contributed by atoms with Crippen LogP contribution in [0.1, 0.15) is 23.2 Å². The number of carboxylic acids is 1. The van der Waals surface area contributed by atoms with E-state index in [4.69, 9.17) is 5.11 Å². The highest BCUT2D eigenvalue weighted by Gasteiger charge is 2.47. The fraction of sp³-hybridized carbons (Fsp3) is 0.267. The first-order valence-corrected chi connectivity index (χ1v) is 6.60. The van der Waals surface area contributed by atoms with Gasteiger partial charge in [-0.2, -0.15) is 0 Å². The summed E-state index contributed by atoms with van der Waals surface area (Å²) in [4.78, 5) is 36.8. The molecule has 1 aliphatic carbocycles. The van der Waals surface area contributed by atoms with Crippen molar-refractivity contribution in [1.29, 1.82) is 0 Å². The van der Waals surface area contributed by atoms with Crippen LogP contribution in [0.2, 0.25) is 0 Å². The number of benzene rings is 1. The van der Waals surface area contributed by atoms with Crippen molar-refractivity contribution in [2.45, 2.75) is 12.8 Å². The predicted molar refractivity (Wildman–Crippen MR) is 72.9 cm³/mol. The van der Waals surface area contributed by atoms with Gasteiger partial charge in [-0.25, -0.2) is 4.79 Å². The summed E-state index contributed by atoms with van der Waals surface area (Å²) in [7, 11) is 0. The molecule has 0 unspecified atom stereocenters. The number of phenols is 1. The molecule has 1 aromatic carbocycles. The first-order chi connectivity index (χ1) is 10.0. The third kappa shape index (κ3) is 1.99. The number of imide groups is 1. The van der Waals surface area contributed by atoms with Gasteiger partial charge >= 0.3 is 5.97 Å². The van der Waals surface area contributed by atoms with Crippen LogP contribution in [-0.2, 0) is 9.59 Å². The minimum Gasteiger partial charge on any atom is -0.507 e. The lowest BCUT2D eigenvalue weighted by atomic mass is 9.85. The van der Waals surface area contributed by atoms with Gasteiger partial charge < -0.3 is 10.2 Å². The van der Waals surface area contributed by atoms with E-state index in [-0.39, 0.29) is 34.9 Å². The van der Waals surface area contributed by atoms with Crippen LogP contribution in [0.5, 0.6) is 5.75 Å². The predicted octanol–water partition coefficient (Wildman–Crippen LogP) is 1.55. The number of anilines is 1. The molecule has 1 saturated heterocycles. The maximum atomic E-state index is 12.4. The highest BCUT2D eigenvalue weighted by Crippen LogP contribution is 2.38. The first kappa shape index (κ1) is 13.4. The third-order valence-corrected chi connectivity index (χ3v) is 3.98. The summed E-state index contributed by atoms with van der Waals surface area (Å²) in [5.74, 6) is -3.07. The Balaban J connectivity index is 2.01. The second-order valence-electron chi connectivity index (χ2n) is 5.17. The van der Waals surface area contributed by atoms with Gasteiger partial charge in [-0.1, -0.05) is 12.2 Å². The average Bonchev–Trinajstić information content (AvgIpc) is 2.72. The van der Waals surface area contributed by atoms with Crippen molar-refractivity contribution < 1.29 is 24.6 Å². The Labute approximate surface area is 120 Å². The largest absolute Gasteiger partial charge is 0.507 e. The molecule has 6 heteroatoms. The van der Waals surface area contributed by atoms with Gasteiger partial charge in [0.15, 0.2) is 0 Å². The monoisotopic (exact) mass is 287 g/mol. The number of rotatable bonds is 2. The highest BCUT2D eigenvalue weighted by molar-refractivity contribution is 6.22. The molecule has 108 valence electrons. The molecular formula is C15H13NO5. The Kier molecular flexibility index (Phi) is 3.01. The molecule has 2 atom stereocenters. The summed E-state index contributed by atoms with van der Waals surface area (Å²) in [6.45, 7) is 0. The summed E-state index contributed by atoms with van der Waals surface area (Å²) < 4.78 is 0. The van der Waals surface area contributed by atoms with E-state index in [0.717, 1.165) is 11.0 Å². The maximum Gasteiger partial charge on any atom is 0.339 e. The van der Waals surface area contributed by atoms with E-state index >= 15 is 0 Å². The molecule has 6 nitrogen and oxygen atoms in total. The Morgan fingerprint density at radius 1 is 1.10 bits per heavy atom. The molecule has 1 aromatic rings. The van der Waals surface area contributed by atoms with Crippen molar-refractivity contribution >= 4 is 23.5 Å². The van der Waals surface area contributed by atoms with Gasteiger partial charge in [-0.15, -0.1) is 0 Å². The number of aromatic hydroxyl groups is 1. The maximum absolute atomic E-state index is 12.4. The Morgan fingerprint density at radius 3 is 2.19 bits per heavy atom. The highest BCUT2D eigenvalue weighted by atomic mass is 16.4. The number of nitrogens with zero attached hydrogens (tertiary/aromatic N) is 1. The number of hydrogen-bond acceptors (Lipinski definition) is 4. The molecule has 2 amide bonds. The van der Waals surface area contributed by atoms with E-state index < -0.39 is 11.7 Å². The van der Waals surface area contributed by atoms with E-state index in [0.29, 0.717) is 12.8 Å². The second kappa shape index (κ2) is 4.73. The normalized spacial score (nSPS) is 24.3. The van der Waals surface area contributed by atoms with Gasteiger partial charge in [-0.05, 0) is 31.0 Å². The molecule has 0 bridgehead atoms. The lowest BCUT2D eigenvalue weighted by Crippen LogP contribution is -2.31. The SMILES string of the molecule is O=C(O)c1cc(N2C(=O)[C@H]3CC=CC[C@H]3C2=O)ccc1O. The molecule has 0 aromatic heterocycles. The van der Waals surface area contributed by atoms with Crippen molar-refractivity contribution in [2.75, 3.05) is 4.90 Å². The van der Waals surface area contributed by atoms with Crippen LogP contribution in [-0.4, -0.2) is 28.0 Å². The number of amides is 2. The lowest BCUT2D eigenvalue weighted by Gasteiger charge is -2.15. The lowest BCUT2D eigenvalue weighted by molar-refractivity contribution is -0.122. The minimum atomic E-state index is -1.31. The van der Waals surface area contributed by atoms with Crippen LogP contribution in [0.15, 0.2) is 30.4 Å². The number of allylic oxidation sites excluding steroid dienone is 2. The van der Waals surface area contributed by atoms with Crippen molar-refractivity contribution in [1.82, 2.24) is 0 Å². The zero-order valence-corrected chi connectivity index (χ0v) is 11.0. The summed E-state index contributed by atoms with van der Waals surface area (Å²) in [6.07, 6.45) is 4.82. The van der Waals surface area contributed by atoms with E-state index in [1.54, 1.807) is 0 Å². The Morgan fingerprint density at radius 2 is 1.67 bits per heavy atom. The fourth-order valence-corrected chi connectivity index (χ4v) is 2.89. The van der Waals surface area contributed by atoms with Crippen LogP contribution < -0.4 is 4.90 Å². The molecular weight excluding hydrogens is 274 g/mol. The number of carbonyl (C=O) groups excluding carboxylic acids is 2. The van der Waals surface area contributed by atoms with Gasteiger partial charge in [0.1, 0.15) is 11.3 Å². The fourth-order valence-electron chi connectivity index (χ4n) is 2.89. The number of aromatic carboxylic acids is 1. The van der Waals surface area contributed by atoms with Crippen LogP contribution in [0, 0.1) is 11.8 Å². The molecule has 1 heterocycles. The molecule has 0 radical (unpaired) electrons. The van der Waals surface area contributed by atoms with Crippen LogP contribution >= 0.6 is 0 Å². The zero-order chi connectivity index (χ0) is 15.1. The van der Waals surface area contributed by atoms with Crippen LogP contribution in [0.3, 0.4) is 0 Å². The topological polar surface area (TPSA) is 94.9 Å². The van der Waals surface area contributed by atoms with Crippen LogP contribution in [0.25, 0.3) is 0 Å². The van der Waals surface area contributed by atoms with Gasteiger partial charge in [0.25, 0.3) is 0 Å². The third-order valence-electron chi connectivity index (χ3n) is 3.98. The van der Waals surface area contributed by atoms with Crippen molar-refractivity contribution in [3.05, 3.63) is 35.9 Å². The second-order valence-corrected chi connectivity index (χ2v) is 5.17. The minimum absolute atomic E-state index is 0.189. The van der Waals surface area contributed by atoms with Gasteiger partial charge in [0.05, 0.1) is 17.5 Å². The summed E-state index contributed by atoms with van der Waals surface area (Å²) in [6, 6.07) is 3.71. The van der Waals surface area contributed by atoms with Gasteiger partial charge in [0, 0.05) is 0 Å². The van der Waals surface area contributed by atoms with Crippen molar-refractivity contribution in [2.24, 2.45) is 11.8 Å². The molecule has 2 aliphatic rings. The molecule has 0 saturated carbocycles. The van der Waals surface area contributed by atoms with Crippen LogP contribution in [0.4, 0.5) is 5.69 Å². The van der Waals surface area contributed by atoms with Crippen molar-refractivity contribution in [3.8, 4) is 5.75 Å². The zero-order valence-electron chi connectivity index (χ0n) is 11.0. The van der Waals surface area contributed by atoms with E-state index in [1.165, 1.54) is 12.1 Å². The molecule has 1 fully saturated rings. The van der Waals surface area contributed by atoms with Gasteiger partial charge in [-0.3, -0.25) is 14.5 Å². The van der Waals surface area contributed by atoms with Gasteiger partial charge in [0.2, 0.25) is 11.8 Å². The van der Waals surface area contributed by atoms with E-state index in [9.17, 15) is 19.5 Å². The quantitative estimate of drug-likeness (QED) is 0.635.